The van der Waals surface area contributed by atoms with Crippen LogP contribution in [0.5, 0.6) is 0 Å². The van der Waals surface area contributed by atoms with Gasteiger partial charge in [0.25, 0.3) is 0 Å². The minimum absolute atomic E-state index is 0.0733. The Bertz CT molecular complexity index is 557. The Hall–Kier alpha value is -2.24. The summed E-state index contributed by atoms with van der Waals surface area (Å²) >= 11 is 0. The summed E-state index contributed by atoms with van der Waals surface area (Å²) in [6.07, 6.45) is 5.98. The SMILES string of the molecule is COC(=O)C1(C(=O)OC)CC(=C/CCC(C)=O)/C(=C/CCC(C)=O)C1. The Morgan fingerprint density at radius 3 is 1.48 bits per heavy atom. The highest BCUT2D eigenvalue weighted by molar-refractivity contribution is 6.02. The van der Waals surface area contributed by atoms with Crippen molar-refractivity contribution in [3.8, 4) is 0 Å². The number of hydrogen-bond acceptors (Lipinski definition) is 6. The number of carbonyl (C=O) groups is 4. The molecule has 1 saturated carbocycles. The molecule has 1 rings (SSSR count). The van der Waals surface area contributed by atoms with Gasteiger partial charge in [0, 0.05) is 12.8 Å². The van der Waals surface area contributed by atoms with Crippen molar-refractivity contribution in [2.24, 2.45) is 5.41 Å². The quantitative estimate of drug-likeness (QED) is 0.494. The van der Waals surface area contributed by atoms with Crippen LogP contribution >= 0.6 is 0 Å². The van der Waals surface area contributed by atoms with Crippen LogP contribution in [-0.4, -0.2) is 37.7 Å². The first-order chi connectivity index (χ1) is 11.8. The molecule has 0 amide bonds. The zero-order valence-electron chi connectivity index (χ0n) is 15.3. The Labute approximate surface area is 148 Å². The molecule has 25 heavy (non-hydrogen) atoms. The van der Waals surface area contributed by atoms with Crippen LogP contribution < -0.4 is 0 Å². The number of Topliss-reactive ketones (excluding diaryl/α,β-unsaturated/α-hetero) is 2. The third-order valence-electron chi connectivity index (χ3n) is 4.32. The Balaban J connectivity index is 3.16. The van der Waals surface area contributed by atoms with E-state index >= 15 is 0 Å². The van der Waals surface area contributed by atoms with Crippen LogP contribution in [0.2, 0.25) is 0 Å². The molecule has 0 unspecified atom stereocenters. The molecule has 0 aromatic heterocycles. The lowest BCUT2D eigenvalue weighted by Crippen LogP contribution is -2.38. The Morgan fingerprint density at radius 1 is 0.840 bits per heavy atom. The summed E-state index contributed by atoms with van der Waals surface area (Å²) in [5, 5.41) is 0. The fourth-order valence-electron chi connectivity index (χ4n) is 3.01. The van der Waals surface area contributed by atoms with Crippen LogP contribution in [-0.2, 0) is 28.7 Å². The van der Waals surface area contributed by atoms with E-state index in [0.29, 0.717) is 25.7 Å². The van der Waals surface area contributed by atoms with Crippen molar-refractivity contribution < 1.29 is 28.7 Å². The second-order valence-electron chi connectivity index (χ2n) is 6.36. The lowest BCUT2D eigenvalue weighted by molar-refractivity contribution is -0.168. The highest BCUT2D eigenvalue weighted by Gasteiger charge is 2.53. The number of esters is 2. The van der Waals surface area contributed by atoms with Crippen LogP contribution in [0, 0.1) is 5.41 Å². The number of carbonyl (C=O) groups excluding carboxylic acids is 4. The third-order valence-corrected chi connectivity index (χ3v) is 4.32. The van der Waals surface area contributed by atoms with Gasteiger partial charge in [-0.15, -0.1) is 0 Å². The lowest BCUT2D eigenvalue weighted by atomic mass is 9.85. The predicted molar refractivity (Wildman–Crippen MR) is 91.7 cm³/mol. The average molecular weight is 350 g/mol. The highest BCUT2D eigenvalue weighted by Crippen LogP contribution is 2.47. The van der Waals surface area contributed by atoms with Crippen molar-refractivity contribution in [1.29, 1.82) is 0 Å². The number of allylic oxidation sites excluding steroid dienone is 4. The van der Waals surface area contributed by atoms with Gasteiger partial charge in [-0.25, -0.2) is 0 Å². The molecule has 0 aromatic carbocycles. The van der Waals surface area contributed by atoms with Gasteiger partial charge in [0.1, 0.15) is 11.6 Å². The first kappa shape index (κ1) is 20.8. The average Bonchev–Trinajstić information content (AvgIpc) is 2.92. The maximum atomic E-state index is 12.3. The molecule has 1 aliphatic carbocycles. The molecule has 0 atom stereocenters. The van der Waals surface area contributed by atoms with Crippen LogP contribution in [0.3, 0.4) is 0 Å². The summed E-state index contributed by atoms with van der Waals surface area (Å²) in [6, 6.07) is 0. The maximum absolute atomic E-state index is 12.3. The van der Waals surface area contributed by atoms with E-state index in [0.717, 1.165) is 11.1 Å². The topological polar surface area (TPSA) is 86.7 Å². The monoisotopic (exact) mass is 350 g/mol. The van der Waals surface area contributed by atoms with Gasteiger partial charge in [-0.1, -0.05) is 12.2 Å². The summed E-state index contributed by atoms with van der Waals surface area (Å²) in [5.41, 5.74) is 0.273. The number of methoxy groups -OCH3 is 2. The predicted octanol–water partition coefficient (Wildman–Crippen LogP) is 2.70. The minimum atomic E-state index is -1.40. The first-order valence-corrected chi connectivity index (χ1v) is 8.31. The van der Waals surface area contributed by atoms with E-state index in [-0.39, 0.29) is 24.4 Å². The summed E-state index contributed by atoms with van der Waals surface area (Å²) < 4.78 is 9.68. The van der Waals surface area contributed by atoms with Gasteiger partial charge in [0.15, 0.2) is 5.41 Å². The fraction of sp³-hybridized carbons (Fsp3) is 0.579. The Morgan fingerprint density at radius 2 is 1.20 bits per heavy atom. The molecule has 6 heteroatoms. The van der Waals surface area contributed by atoms with Gasteiger partial charge >= 0.3 is 11.9 Å². The van der Waals surface area contributed by atoms with E-state index in [1.165, 1.54) is 28.1 Å². The number of ether oxygens (including phenoxy) is 2. The van der Waals surface area contributed by atoms with E-state index in [1.54, 1.807) is 0 Å². The zero-order chi connectivity index (χ0) is 19.0. The fourth-order valence-corrected chi connectivity index (χ4v) is 3.01. The van der Waals surface area contributed by atoms with Crippen molar-refractivity contribution >= 4 is 23.5 Å². The molecular weight excluding hydrogens is 324 g/mol. The molecule has 0 bridgehead atoms. The standard InChI is InChI=1S/C19H26O6/c1-13(20)7-5-9-15-11-19(17(22)24-3,18(23)25-4)12-16(15)10-6-8-14(2)21/h9-10H,5-8,11-12H2,1-4H3/b15-9-,16-10+. The Kier molecular flexibility index (Phi) is 7.74. The summed E-state index contributed by atoms with van der Waals surface area (Å²) in [7, 11) is 2.48. The first-order valence-electron chi connectivity index (χ1n) is 8.31. The van der Waals surface area contributed by atoms with Crippen molar-refractivity contribution in [1.82, 2.24) is 0 Å². The van der Waals surface area contributed by atoms with E-state index < -0.39 is 17.4 Å². The van der Waals surface area contributed by atoms with Crippen LogP contribution in [0.25, 0.3) is 0 Å². The second kappa shape index (κ2) is 9.30. The van der Waals surface area contributed by atoms with Crippen LogP contribution in [0.15, 0.2) is 23.3 Å². The van der Waals surface area contributed by atoms with E-state index in [2.05, 4.69) is 0 Å². The summed E-state index contributed by atoms with van der Waals surface area (Å²) in [4.78, 5) is 46.9. The van der Waals surface area contributed by atoms with E-state index in [4.69, 9.17) is 9.47 Å². The third kappa shape index (κ3) is 5.37. The van der Waals surface area contributed by atoms with Crippen molar-refractivity contribution in [2.75, 3.05) is 14.2 Å². The van der Waals surface area contributed by atoms with Gasteiger partial charge < -0.3 is 19.1 Å². The summed E-state index contributed by atoms with van der Waals surface area (Å²) in [5.74, 6) is -1.12. The molecule has 0 saturated heterocycles. The number of ketones is 2. The zero-order valence-corrected chi connectivity index (χ0v) is 15.3. The lowest BCUT2D eigenvalue weighted by Gasteiger charge is -2.21. The van der Waals surface area contributed by atoms with Crippen molar-refractivity contribution in [3.05, 3.63) is 23.3 Å². The smallest absolute Gasteiger partial charge is 0.323 e. The molecule has 0 spiro atoms. The largest absolute Gasteiger partial charge is 0.468 e. The van der Waals surface area contributed by atoms with Crippen LogP contribution in [0.1, 0.15) is 52.4 Å². The number of hydrogen-bond donors (Lipinski definition) is 0. The summed E-state index contributed by atoms with van der Waals surface area (Å²) in [6.45, 7) is 3.04. The van der Waals surface area contributed by atoms with E-state index in [1.807, 2.05) is 12.2 Å². The molecule has 6 nitrogen and oxygen atoms in total. The van der Waals surface area contributed by atoms with Gasteiger partial charge in [-0.3, -0.25) is 9.59 Å². The minimum Gasteiger partial charge on any atom is -0.468 e. The highest BCUT2D eigenvalue weighted by atomic mass is 16.5. The van der Waals surface area contributed by atoms with Gasteiger partial charge in [-0.2, -0.15) is 0 Å². The molecular formula is C19H26O6. The van der Waals surface area contributed by atoms with Gasteiger partial charge in [-0.05, 0) is 50.7 Å². The van der Waals surface area contributed by atoms with Crippen LogP contribution in [0.4, 0.5) is 0 Å². The molecule has 0 radical (unpaired) electrons. The molecule has 0 aliphatic heterocycles. The number of rotatable bonds is 8. The normalized spacial score (nSPS) is 19.0. The van der Waals surface area contributed by atoms with E-state index in [9.17, 15) is 19.2 Å². The molecule has 0 heterocycles. The molecule has 1 fully saturated rings. The molecule has 0 aromatic rings. The maximum Gasteiger partial charge on any atom is 0.323 e. The molecule has 138 valence electrons. The van der Waals surface area contributed by atoms with Crippen molar-refractivity contribution in [2.45, 2.75) is 52.4 Å². The van der Waals surface area contributed by atoms with Crippen molar-refractivity contribution in [3.63, 3.8) is 0 Å². The second-order valence-corrected chi connectivity index (χ2v) is 6.36. The van der Waals surface area contributed by atoms with Gasteiger partial charge in [0.05, 0.1) is 14.2 Å². The molecule has 1 aliphatic rings. The van der Waals surface area contributed by atoms with Gasteiger partial charge in [0.2, 0.25) is 0 Å². The molecule has 0 N–H and O–H groups in total.